The molecule has 6 nitrogen and oxygen atoms in total. The summed E-state index contributed by atoms with van der Waals surface area (Å²) < 4.78 is 11.5. The van der Waals surface area contributed by atoms with Crippen LogP contribution in [0.3, 0.4) is 0 Å². The van der Waals surface area contributed by atoms with E-state index in [9.17, 15) is 9.59 Å². The number of anilines is 1. The van der Waals surface area contributed by atoms with E-state index < -0.39 is 17.7 Å². The molecule has 0 radical (unpaired) electrons. The Morgan fingerprint density at radius 2 is 1.69 bits per heavy atom. The van der Waals surface area contributed by atoms with Gasteiger partial charge in [0.25, 0.3) is 5.79 Å². The summed E-state index contributed by atoms with van der Waals surface area (Å²) in [7, 11) is 0. The van der Waals surface area contributed by atoms with Crippen LogP contribution in [0.1, 0.15) is 75.1 Å². The minimum Gasteiger partial charge on any atom is -0.416 e. The second-order valence-corrected chi connectivity index (χ2v) is 11.2. The first-order chi connectivity index (χ1) is 16.6. The summed E-state index contributed by atoms with van der Waals surface area (Å²) in [6.45, 7) is 10.5. The Morgan fingerprint density at radius 1 is 1.03 bits per heavy atom. The fraction of sp³-hybridized carbons (Fsp3) is 0.500. The second-order valence-electron chi connectivity index (χ2n) is 10.8. The number of benzene rings is 2. The van der Waals surface area contributed by atoms with Gasteiger partial charge in [-0.3, -0.25) is 9.59 Å². The number of rotatable bonds is 5. The number of carbonyl (C=O) groups excluding carboxylic acids is 2. The molecule has 2 N–H and O–H groups in total. The van der Waals surface area contributed by atoms with E-state index in [4.69, 9.17) is 21.1 Å². The molecule has 35 heavy (non-hydrogen) atoms. The number of esters is 2. The molecule has 2 heterocycles. The molecule has 0 amide bonds. The third-order valence-corrected chi connectivity index (χ3v) is 6.92. The van der Waals surface area contributed by atoms with E-state index in [0.29, 0.717) is 36.0 Å². The number of hydrogen-bond donors (Lipinski definition) is 2. The highest BCUT2D eigenvalue weighted by molar-refractivity contribution is 6.33. The molecule has 0 saturated carbocycles. The lowest BCUT2D eigenvalue weighted by Crippen LogP contribution is -2.43. The molecule has 2 aliphatic heterocycles. The molecule has 0 aliphatic carbocycles. The van der Waals surface area contributed by atoms with Crippen LogP contribution in [-0.4, -0.2) is 25.0 Å². The lowest BCUT2D eigenvalue weighted by Gasteiger charge is -2.32. The molecule has 188 valence electrons. The van der Waals surface area contributed by atoms with Crippen molar-refractivity contribution in [3.63, 3.8) is 0 Å². The SMILES string of the molecule is CC(CC(C)(C)C)c1ccc(CNc2c(Cl)ccc3c2CCNCC32OC(=O)CCC(=O)O2)cc1. The van der Waals surface area contributed by atoms with Crippen molar-refractivity contribution in [1.82, 2.24) is 5.32 Å². The third-order valence-electron chi connectivity index (χ3n) is 6.61. The van der Waals surface area contributed by atoms with Crippen LogP contribution in [-0.2, 0) is 37.8 Å². The maximum Gasteiger partial charge on any atom is 0.309 e. The molecule has 1 saturated heterocycles. The molecule has 1 spiro atoms. The predicted octanol–water partition coefficient (Wildman–Crippen LogP) is 5.67. The topological polar surface area (TPSA) is 76.7 Å². The van der Waals surface area contributed by atoms with Crippen molar-refractivity contribution >= 4 is 29.2 Å². The quantitative estimate of drug-likeness (QED) is 0.517. The van der Waals surface area contributed by atoms with Gasteiger partial charge in [0.15, 0.2) is 0 Å². The van der Waals surface area contributed by atoms with Gasteiger partial charge in [0, 0.05) is 12.1 Å². The third kappa shape index (κ3) is 5.99. The number of carbonyl (C=O) groups is 2. The molecule has 1 unspecified atom stereocenters. The van der Waals surface area contributed by atoms with Crippen molar-refractivity contribution in [3.05, 3.63) is 63.7 Å². The Balaban J connectivity index is 1.58. The average Bonchev–Trinajstić information content (AvgIpc) is 3.05. The monoisotopic (exact) mass is 498 g/mol. The van der Waals surface area contributed by atoms with Crippen LogP contribution in [0.25, 0.3) is 0 Å². The van der Waals surface area contributed by atoms with Gasteiger partial charge < -0.3 is 20.1 Å². The molecule has 2 aliphatic rings. The summed E-state index contributed by atoms with van der Waals surface area (Å²) in [5.74, 6) is -1.89. The summed E-state index contributed by atoms with van der Waals surface area (Å²) in [5.41, 5.74) is 5.08. The molecule has 0 aromatic heterocycles. The number of nitrogens with one attached hydrogen (secondary N) is 2. The van der Waals surface area contributed by atoms with Crippen LogP contribution in [0.5, 0.6) is 0 Å². The van der Waals surface area contributed by atoms with Gasteiger partial charge in [0.1, 0.15) is 0 Å². The average molecular weight is 499 g/mol. The smallest absolute Gasteiger partial charge is 0.309 e. The molecular weight excluding hydrogens is 464 g/mol. The van der Waals surface area contributed by atoms with Gasteiger partial charge in [0.2, 0.25) is 0 Å². The molecule has 1 atom stereocenters. The first kappa shape index (κ1) is 25.5. The Kier molecular flexibility index (Phi) is 7.43. The highest BCUT2D eigenvalue weighted by Crippen LogP contribution is 2.40. The molecule has 7 heteroatoms. The van der Waals surface area contributed by atoms with Crippen LogP contribution in [0.2, 0.25) is 5.02 Å². The molecule has 0 bridgehead atoms. The fourth-order valence-corrected chi connectivity index (χ4v) is 5.30. The highest BCUT2D eigenvalue weighted by Gasteiger charge is 2.46. The minimum atomic E-state index is -1.48. The van der Waals surface area contributed by atoms with Gasteiger partial charge in [-0.15, -0.1) is 0 Å². The highest BCUT2D eigenvalue weighted by atomic mass is 35.5. The first-order valence-corrected chi connectivity index (χ1v) is 12.7. The van der Waals surface area contributed by atoms with Crippen LogP contribution < -0.4 is 10.6 Å². The molecule has 1 fully saturated rings. The van der Waals surface area contributed by atoms with E-state index >= 15 is 0 Å². The van der Waals surface area contributed by atoms with Crippen molar-refractivity contribution in [2.24, 2.45) is 5.41 Å². The molecule has 4 rings (SSSR count). The van der Waals surface area contributed by atoms with Crippen molar-refractivity contribution in [2.75, 3.05) is 18.4 Å². The Labute approximate surface area is 212 Å². The van der Waals surface area contributed by atoms with Crippen molar-refractivity contribution in [2.45, 2.75) is 71.6 Å². The zero-order valence-electron chi connectivity index (χ0n) is 21.0. The first-order valence-electron chi connectivity index (χ1n) is 12.4. The molecule has 2 aromatic rings. The van der Waals surface area contributed by atoms with E-state index in [0.717, 1.165) is 23.2 Å². The van der Waals surface area contributed by atoms with Crippen molar-refractivity contribution in [1.29, 1.82) is 0 Å². The Morgan fingerprint density at radius 3 is 2.31 bits per heavy atom. The summed E-state index contributed by atoms with van der Waals surface area (Å²) >= 11 is 6.63. The normalized spacial score (nSPS) is 18.7. The van der Waals surface area contributed by atoms with Gasteiger partial charge in [-0.2, -0.15) is 0 Å². The number of fused-ring (bicyclic) bond motifs is 2. The zero-order valence-corrected chi connectivity index (χ0v) is 21.8. The minimum absolute atomic E-state index is 0.0129. The van der Waals surface area contributed by atoms with E-state index in [1.807, 2.05) is 0 Å². The van der Waals surface area contributed by atoms with Crippen LogP contribution in [0.15, 0.2) is 36.4 Å². The van der Waals surface area contributed by atoms with Crippen LogP contribution in [0, 0.1) is 5.41 Å². The number of hydrogen-bond acceptors (Lipinski definition) is 6. The summed E-state index contributed by atoms with van der Waals surface area (Å²) in [5, 5.41) is 7.31. The van der Waals surface area contributed by atoms with Crippen molar-refractivity contribution in [3.8, 4) is 0 Å². The Bertz CT molecular complexity index is 1070. The lowest BCUT2D eigenvalue weighted by atomic mass is 9.82. The lowest BCUT2D eigenvalue weighted by molar-refractivity contribution is -0.225. The van der Waals surface area contributed by atoms with Gasteiger partial charge in [-0.05, 0) is 59.5 Å². The number of ether oxygens (including phenoxy) is 2. The molecule has 2 aromatic carbocycles. The van der Waals surface area contributed by atoms with E-state index in [-0.39, 0.29) is 24.8 Å². The van der Waals surface area contributed by atoms with E-state index in [2.05, 4.69) is 62.6 Å². The van der Waals surface area contributed by atoms with Gasteiger partial charge in [-0.1, -0.05) is 63.6 Å². The van der Waals surface area contributed by atoms with Crippen molar-refractivity contribution < 1.29 is 19.1 Å². The van der Waals surface area contributed by atoms with Gasteiger partial charge in [-0.25, -0.2) is 0 Å². The van der Waals surface area contributed by atoms with Crippen LogP contribution in [0.4, 0.5) is 5.69 Å². The zero-order chi connectivity index (χ0) is 25.2. The maximum atomic E-state index is 12.3. The van der Waals surface area contributed by atoms with E-state index in [1.54, 1.807) is 12.1 Å². The predicted molar refractivity (Wildman–Crippen MR) is 137 cm³/mol. The van der Waals surface area contributed by atoms with Gasteiger partial charge >= 0.3 is 11.9 Å². The standard InChI is InChI=1S/C28H35ClN2O4/c1-18(15-27(2,3)4)20-7-5-19(6-8-20)16-31-26-21-13-14-30-17-28(22(21)9-10-23(26)29)34-24(32)11-12-25(33)35-28/h5-10,18,30-31H,11-17H2,1-4H3. The van der Waals surface area contributed by atoms with Gasteiger partial charge in [0.05, 0.1) is 30.1 Å². The van der Waals surface area contributed by atoms with Crippen LogP contribution >= 0.6 is 11.6 Å². The fourth-order valence-electron chi connectivity index (χ4n) is 5.06. The summed E-state index contributed by atoms with van der Waals surface area (Å²) in [4.78, 5) is 24.6. The van der Waals surface area contributed by atoms with E-state index in [1.165, 1.54) is 5.56 Å². The maximum absolute atomic E-state index is 12.3. The summed E-state index contributed by atoms with van der Waals surface area (Å²) in [6, 6.07) is 12.3. The Hall–Kier alpha value is -2.57. The summed E-state index contributed by atoms with van der Waals surface area (Å²) in [6.07, 6.45) is 1.80. The second kappa shape index (κ2) is 10.2. The largest absolute Gasteiger partial charge is 0.416 e. The number of halogens is 1. The molecular formula is C28H35ClN2O4.